The summed E-state index contributed by atoms with van der Waals surface area (Å²) in [5, 5.41) is 0. The summed E-state index contributed by atoms with van der Waals surface area (Å²) in [5.74, 6) is 0.139. The lowest BCUT2D eigenvalue weighted by Crippen LogP contribution is -2.43. The van der Waals surface area contributed by atoms with Crippen molar-refractivity contribution in [3.8, 4) is 0 Å². The number of Topliss-reactive ketones (excluding diaryl/α,β-unsaturated/α-hetero) is 1. The van der Waals surface area contributed by atoms with Crippen molar-refractivity contribution in [2.45, 2.75) is 65.5 Å². The van der Waals surface area contributed by atoms with Crippen LogP contribution in [0.4, 0.5) is 0 Å². The molecule has 0 fully saturated rings. The molecule has 2 aromatic heterocycles. The Bertz CT molecular complexity index is 844. The Kier molecular flexibility index (Phi) is 5.19. The molecule has 0 saturated carbocycles. The number of carbonyl (C=O) groups excluding carboxylic acids is 1. The van der Waals surface area contributed by atoms with E-state index in [1.807, 2.05) is 37.9 Å². The number of rotatable bonds is 5. The van der Waals surface area contributed by atoms with Gasteiger partial charge in [0.1, 0.15) is 11.4 Å². The summed E-state index contributed by atoms with van der Waals surface area (Å²) >= 11 is 0. The fraction of sp³-hybridized carbons (Fsp3) is 0.550. The molecule has 136 valence electrons. The monoisotopic (exact) mass is 343 g/mol. The van der Waals surface area contributed by atoms with Crippen LogP contribution in [0.1, 0.15) is 59.1 Å². The zero-order valence-corrected chi connectivity index (χ0v) is 16.4. The zero-order chi connectivity index (χ0) is 19.0. The largest absolute Gasteiger partial charge is 0.300 e. The molecule has 5 nitrogen and oxygen atoms in total. The molecule has 25 heavy (non-hydrogen) atoms. The number of carbonyl (C=O) groups is 1. The van der Waals surface area contributed by atoms with E-state index in [-0.39, 0.29) is 22.3 Å². The van der Waals surface area contributed by atoms with Crippen molar-refractivity contribution >= 4 is 11.4 Å². The number of pyridine rings is 1. The van der Waals surface area contributed by atoms with Gasteiger partial charge in [0.15, 0.2) is 0 Å². The van der Waals surface area contributed by atoms with Crippen molar-refractivity contribution in [3.05, 3.63) is 46.0 Å². The molecule has 0 spiro atoms. The average molecular weight is 343 g/mol. The van der Waals surface area contributed by atoms with Gasteiger partial charge in [-0.25, -0.2) is 4.98 Å². The van der Waals surface area contributed by atoms with Crippen LogP contribution in [0.2, 0.25) is 0 Å². The summed E-state index contributed by atoms with van der Waals surface area (Å²) < 4.78 is 1.59. The number of hydrogen-bond acceptors (Lipinski definition) is 4. The van der Waals surface area contributed by atoms with Gasteiger partial charge in [-0.1, -0.05) is 20.8 Å². The van der Waals surface area contributed by atoms with Gasteiger partial charge >= 0.3 is 0 Å². The third-order valence-electron chi connectivity index (χ3n) is 4.77. The van der Waals surface area contributed by atoms with Crippen LogP contribution >= 0.6 is 0 Å². The standard InChI is InChI=1S/C20H29N3O2/c1-14(24)11-20(5,6)22(7)13-15-12-21-17-10-16(19(2,3)4)8-9-23(17)18(15)25/h8-10,12H,11,13H2,1-7H3. The second kappa shape index (κ2) is 6.71. The normalized spacial score (nSPS) is 12.8. The van der Waals surface area contributed by atoms with Crippen LogP contribution in [0.5, 0.6) is 0 Å². The number of ketones is 1. The van der Waals surface area contributed by atoms with E-state index in [0.717, 1.165) is 5.56 Å². The van der Waals surface area contributed by atoms with Crippen molar-refractivity contribution in [2.75, 3.05) is 7.05 Å². The topological polar surface area (TPSA) is 54.7 Å². The zero-order valence-electron chi connectivity index (χ0n) is 16.4. The van der Waals surface area contributed by atoms with Gasteiger partial charge in [0, 0.05) is 30.9 Å². The summed E-state index contributed by atoms with van der Waals surface area (Å²) in [6.07, 6.45) is 3.90. The van der Waals surface area contributed by atoms with Crippen molar-refractivity contribution in [2.24, 2.45) is 0 Å². The van der Waals surface area contributed by atoms with Crippen LogP contribution < -0.4 is 5.56 Å². The lowest BCUT2D eigenvalue weighted by Gasteiger charge is -2.34. The van der Waals surface area contributed by atoms with Crippen LogP contribution in [0.15, 0.2) is 29.3 Å². The Labute approximate surface area is 149 Å². The van der Waals surface area contributed by atoms with Crippen LogP contribution in [-0.2, 0) is 16.8 Å². The molecule has 5 heteroatoms. The first-order valence-electron chi connectivity index (χ1n) is 8.63. The highest BCUT2D eigenvalue weighted by molar-refractivity contribution is 5.76. The molecule has 2 heterocycles. The molecular weight excluding hydrogens is 314 g/mol. The van der Waals surface area contributed by atoms with Crippen molar-refractivity contribution in [1.29, 1.82) is 0 Å². The fourth-order valence-corrected chi connectivity index (χ4v) is 2.90. The molecule has 2 aromatic rings. The summed E-state index contributed by atoms with van der Waals surface area (Å²) in [5.41, 5.74) is 2.07. The SMILES string of the molecule is CC(=O)CC(C)(C)N(C)Cc1cnc2cc(C(C)(C)C)ccn2c1=O. The smallest absolute Gasteiger partial charge is 0.262 e. The highest BCUT2D eigenvalue weighted by atomic mass is 16.1. The molecule has 2 rings (SSSR count). The van der Waals surface area contributed by atoms with Gasteiger partial charge < -0.3 is 0 Å². The van der Waals surface area contributed by atoms with Crippen LogP contribution in [0.3, 0.4) is 0 Å². The third-order valence-corrected chi connectivity index (χ3v) is 4.77. The molecule has 0 bridgehead atoms. The molecule has 0 aromatic carbocycles. The molecule has 0 aliphatic rings. The first kappa shape index (κ1) is 19.3. The summed E-state index contributed by atoms with van der Waals surface area (Å²) in [6, 6.07) is 3.94. The fourth-order valence-electron chi connectivity index (χ4n) is 2.90. The number of hydrogen-bond donors (Lipinski definition) is 0. The second-order valence-electron chi connectivity index (χ2n) is 8.53. The van der Waals surface area contributed by atoms with Gasteiger partial charge in [0.05, 0.1) is 5.56 Å². The first-order chi connectivity index (χ1) is 11.4. The Morgan fingerprint density at radius 3 is 2.44 bits per heavy atom. The van der Waals surface area contributed by atoms with E-state index in [4.69, 9.17) is 0 Å². The van der Waals surface area contributed by atoms with Gasteiger partial charge in [-0.3, -0.25) is 18.9 Å². The van der Waals surface area contributed by atoms with Gasteiger partial charge in [-0.05, 0) is 50.9 Å². The summed E-state index contributed by atoms with van der Waals surface area (Å²) in [7, 11) is 1.93. The van der Waals surface area contributed by atoms with Gasteiger partial charge in [0.2, 0.25) is 0 Å². The van der Waals surface area contributed by atoms with Gasteiger partial charge in [0.25, 0.3) is 5.56 Å². The minimum Gasteiger partial charge on any atom is -0.300 e. The maximum atomic E-state index is 12.8. The Balaban J connectivity index is 2.36. The van der Waals surface area contributed by atoms with Gasteiger partial charge in [-0.2, -0.15) is 0 Å². The Hall–Kier alpha value is -2.01. The Morgan fingerprint density at radius 2 is 1.88 bits per heavy atom. The van der Waals surface area contributed by atoms with Crippen molar-refractivity contribution < 1.29 is 4.79 Å². The van der Waals surface area contributed by atoms with Crippen molar-refractivity contribution in [1.82, 2.24) is 14.3 Å². The van der Waals surface area contributed by atoms with Crippen LogP contribution in [0.25, 0.3) is 5.65 Å². The molecule has 0 atom stereocenters. The molecule has 0 saturated heterocycles. The minimum atomic E-state index is -0.312. The lowest BCUT2D eigenvalue weighted by molar-refractivity contribution is -0.119. The highest BCUT2D eigenvalue weighted by Crippen LogP contribution is 2.23. The van der Waals surface area contributed by atoms with E-state index >= 15 is 0 Å². The summed E-state index contributed by atoms with van der Waals surface area (Å²) in [4.78, 5) is 30.8. The second-order valence-corrected chi connectivity index (χ2v) is 8.53. The van der Waals surface area contributed by atoms with E-state index in [2.05, 4.69) is 25.8 Å². The quantitative estimate of drug-likeness (QED) is 0.837. The van der Waals surface area contributed by atoms with E-state index < -0.39 is 0 Å². The maximum Gasteiger partial charge on any atom is 0.262 e. The lowest BCUT2D eigenvalue weighted by atomic mass is 9.88. The van der Waals surface area contributed by atoms with Crippen molar-refractivity contribution in [3.63, 3.8) is 0 Å². The van der Waals surface area contributed by atoms with Crippen LogP contribution in [0, 0.1) is 0 Å². The van der Waals surface area contributed by atoms with E-state index in [1.165, 1.54) is 0 Å². The molecule has 0 N–H and O–H groups in total. The van der Waals surface area contributed by atoms with Gasteiger partial charge in [-0.15, -0.1) is 0 Å². The predicted molar refractivity (Wildman–Crippen MR) is 101 cm³/mol. The summed E-state index contributed by atoms with van der Waals surface area (Å²) in [6.45, 7) is 12.5. The molecule has 0 aliphatic carbocycles. The first-order valence-corrected chi connectivity index (χ1v) is 8.63. The highest BCUT2D eigenvalue weighted by Gasteiger charge is 2.26. The number of nitrogens with zero attached hydrogens (tertiary/aromatic N) is 3. The molecular formula is C20H29N3O2. The Morgan fingerprint density at radius 1 is 1.24 bits per heavy atom. The average Bonchev–Trinajstić information content (AvgIpc) is 2.47. The maximum absolute atomic E-state index is 12.8. The number of fused-ring (bicyclic) bond motifs is 1. The van der Waals surface area contributed by atoms with E-state index in [1.54, 1.807) is 23.7 Å². The van der Waals surface area contributed by atoms with E-state index in [0.29, 0.717) is 24.2 Å². The van der Waals surface area contributed by atoms with Crippen LogP contribution in [-0.4, -0.2) is 32.7 Å². The predicted octanol–water partition coefficient (Wildman–Crippen LogP) is 3.18. The molecule has 0 radical (unpaired) electrons. The minimum absolute atomic E-state index is 0.00901. The molecule has 0 aliphatic heterocycles. The number of aromatic nitrogens is 2. The third kappa shape index (κ3) is 4.34. The molecule has 0 amide bonds. The molecule has 0 unspecified atom stereocenters. The van der Waals surface area contributed by atoms with E-state index in [9.17, 15) is 9.59 Å².